The van der Waals surface area contributed by atoms with Gasteiger partial charge in [0.15, 0.2) is 0 Å². The molecule has 0 saturated heterocycles. The van der Waals surface area contributed by atoms with E-state index in [9.17, 15) is 14.3 Å². The van der Waals surface area contributed by atoms with Gasteiger partial charge in [-0.1, -0.05) is 25.0 Å². The van der Waals surface area contributed by atoms with Crippen LogP contribution in [0.3, 0.4) is 0 Å². The SMILES string of the molecule is CO[C@H](CNC(=O)N[C@@H]1CCCC[C@H]1CO)c1ccc(F)cc1. The number of amides is 2. The number of halogens is 1. The van der Waals surface area contributed by atoms with Crippen molar-refractivity contribution in [1.82, 2.24) is 10.6 Å². The van der Waals surface area contributed by atoms with E-state index in [-0.39, 0.29) is 36.5 Å². The topological polar surface area (TPSA) is 70.6 Å². The average molecular weight is 324 g/mol. The zero-order valence-corrected chi connectivity index (χ0v) is 13.4. The van der Waals surface area contributed by atoms with E-state index in [0.29, 0.717) is 6.54 Å². The van der Waals surface area contributed by atoms with E-state index in [2.05, 4.69) is 10.6 Å². The van der Waals surface area contributed by atoms with E-state index >= 15 is 0 Å². The Bertz CT molecular complexity index is 495. The Morgan fingerprint density at radius 3 is 2.70 bits per heavy atom. The third kappa shape index (κ3) is 5.18. The number of carbonyl (C=O) groups excluding carboxylic acids is 1. The molecule has 2 rings (SSSR count). The Hall–Kier alpha value is -1.66. The highest BCUT2D eigenvalue weighted by atomic mass is 19.1. The number of aliphatic hydroxyl groups excluding tert-OH is 1. The minimum atomic E-state index is -0.332. The largest absolute Gasteiger partial charge is 0.396 e. The number of nitrogens with one attached hydrogen (secondary N) is 2. The molecule has 0 spiro atoms. The van der Waals surface area contributed by atoms with E-state index in [1.807, 2.05) is 0 Å². The summed E-state index contributed by atoms with van der Waals surface area (Å²) in [5.41, 5.74) is 0.806. The van der Waals surface area contributed by atoms with Gasteiger partial charge in [-0.15, -0.1) is 0 Å². The van der Waals surface area contributed by atoms with Gasteiger partial charge in [0.2, 0.25) is 0 Å². The Morgan fingerprint density at radius 1 is 1.35 bits per heavy atom. The number of methoxy groups -OCH3 is 1. The third-order valence-corrected chi connectivity index (χ3v) is 4.43. The first-order valence-electron chi connectivity index (χ1n) is 8.07. The van der Waals surface area contributed by atoms with Crippen LogP contribution in [0.2, 0.25) is 0 Å². The molecule has 3 N–H and O–H groups in total. The summed E-state index contributed by atoms with van der Waals surface area (Å²) in [5, 5.41) is 15.1. The number of aliphatic hydroxyl groups is 1. The molecule has 5 nitrogen and oxygen atoms in total. The van der Waals surface area contributed by atoms with Gasteiger partial charge < -0.3 is 20.5 Å². The molecule has 2 amide bonds. The second-order valence-electron chi connectivity index (χ2n) is 5.96. The van der Waals surface area contributed by atoms with Crippen LogP contribution >= 0.6 is 0 Å². The van der Waals surface area contributed by atoms with Crippen molar-refractivity contribution in [3.8, 4) is 0 Å². The molecule has 1 fully saturated rings. The van der Waals surface area contributed by atoms with Crippen LogP contribution in [0.15, 0.2) is 24.3 Å². The highest BCUT2D eigenvalue weighted by Gasteiger charge is 2.26. The first kappa shape index (κ1) is 17.7. The summed E-state index contributed by atoms with van der Waals surface area (Å²) < 4.78 is 18.3. The molecule has 1 aliphatic carbocycles. The van der Waals surface area contributed by atoms with Gasteiger partial charge in [0.05, 0.1) is 6.10 Å². The summed E-state index contributed by atoms with van der Waals surface area (Å²) in [4.78, 5) is 12.1. The fourth-order valence-corrected chi connectivity index (χ4v) is 3.04. The molecule has 0 aliphatic heterocycles. The molecule has 3 atom stereocenters. The van der Waals surface area contributed by atoms with Crippen LogP contribution in [-0.2, 0) is 4.74 Å². The lowest BCUT2D eigenvalue weighted by molar-refractivity contribution is 0.103. The van der Waals surface area contributed by atoms with E-state index in [4.69, 9.17) is 4.74 Å². The Labute approximate surface area is 136 Å². The smallest absolute Gasteiger partial charge is 0.315 e. The molecule has 23 heavy (non-hydrogen) atoms. The van der Waals surface area contributed by atoms with Crippen LogP contribution in [0.5, 0.6) is 0 Å². The third-order valence-electron chi connectivity index (χ3n) is 4.43. The molecule has 0 heterocycles. The first-order chi connectivity index (χ1) is 11.1. The Morgan fingerprint density at radius 2 is 2.04 bits per heavy atom. The zero-order chi connectivity index (χ0) is 16.7. The summed E-state index contributed by atoms with van der Waals surface area (Å²) >= 11 is 0. The Kier molecular flexibility index (Phi) is 6.80. The lowest BCUT2D eigenvalue weighted by Gasteiger charge is -2.31. The summed E-state index contributed by atoms with van der Waals surface area (Å²) in [7, 11) is 1.55. The number of carbonyl (C=O) groups is 1. The van der Waals surface area contributed by atoms with Gasteiger partial charge >= 0.3 is 6.03 Å². The number of ether oxygens (including phenoxy) is 1. The number of hydrogen-bond donors (Lipinski definition) is 3. The van der Waals surface area contributed by atoms with Crippen molar-refractivity contribution < 1.29 is 19.0 Å². The summed E-state index contributed by atoms with van der Waals surface area (Å²) in [5.74, 6) is -0.175. The van der Waals surface area contributed by atoms with Crippen molar-refractivity contribution in [1.29, 1.82) is 0 Å². The van der Waals surface area contributed by atoms with Crippen molar-refractivity contribution >= 4 is 6.03 Å². The predicted octanol–water partition coefficient (Wildman–Crippen LogP) is 2.36. The van der Waals surface area contributed by atoms with Gasteiger partial charge in [-0.2, -0.15) is 0 Å². The second kappa shape index (κ2) is 8.84. The van der Waals surface area contributed by atoms with Crippen LogP contribution in [0.4, 0.5) is 9.18 Å². The molecule has 1 aromatic carbocycles. The maximum atomic E-state index is 13.0. The number of urea groups is 1. The summed E-state index contributed by atoms with van der Waals surface area (Å²) in [6.07, 6.45) is 3.67. The molecule has 0 radical (unpaired) electrons. The first-order valence-corrected chi connectivity index (χ1v) is 8.07. The van der Waals surface area contributed by atoms with Crippen molar-refractivity contribution in [2.24, 2.45) is 5.92 Å². The Balaban J connectivity index is 1.83. The van der Waals surface area contributed by atoms with Crippen molar-refractivity contribution in [2.75, 3.05) is 20.3 Å². The molecular weight excluding hydrogens is 299 g/mol. The minimum absolute atomic E-state index is 0.0144. The number of benzene rings is 1. The molecule has 1 saturated carbocycles. The minimum Gasteiger partial charge on any atom is -0.396 e. The van der Waals surface area contributed by atoms with Gasteiger partial charge in [-0.05, 0) is 30.5 Å². The molecule has 0 unspecified atom stereocenters. The predicted molar refractivity (Wildman–Crippen MR) is 85.5 cm³/mol. The van der Waals surface area contributed by atoms with Crippen molar-refractivity contribution in [3.05, 3.63) is 35.6 Å². The van der Waals surface area contributed by atoms with E-state index in [1.165, 1.54) is 12.1 Å². The monoisotopic (exact) mass is 324 g/mol. The van der Waals surface area contributed by atoms with Crippen LogP contribution in [-0.4, -0.2) is 37.4 Å². The maximum Gasteiger partial charge on any atom is 0.315 e. The lowest BCUT2D eigenvalue weighted by Crippen LogP contribution is -2.48. The van der Waals surface area contributed by atoms with Crippen molar-refractivity contribution in [3.63, 3.8) is 0 Å². The number of rotatable bonds is 6. The van der Waals surface area contributed by atoms with Crippen LogP contribution in [0, 0.1) is 11.7 Å². The fourth-order valence-electron chi connectivity index (χ4n) is 3.04. The maximum absolute atomic E-state index is 13.0. The van der Waals surface area contributed by atoms with E-state index in [1.54, 1.807) is 19.2 Å². The van der Waals surface area contributed by atoms with E-state index in [0.717, 1.165) is 31.2 Å². The van der Waals surface area contributed by atoms with Crippen molar-refractivity contribution in [2.45, 2.75) is 37.8 Å². The molecule has 6 heteroatoms. The number of hydrogen-bond acceptors (Lipinski definition) is 3. The highest BCUT2D eigenvalue weighted by Crippen LogP contribution is 2.24. The summed E-state index contributed by atoms with van der Waals surface area (Å²) in [6, 6.07) is 5.78. The highest BCUT2D eigenvalue weighted by molar-refractivity contribution is 5.74. The van der Waals surface area contributed by atoms with Gasteiger partial charge in [0.1, 0.15) is 5.82 Å². The fraction of sp³-hybridized carbons (Fsp3) is 0.588. The molecule has 0 bridgehead atoms. The quantitative estimate of drug-likeness (QED) is 0.752. The van der Waals surface area contributed by atoms with E-state index < -0.39 is 0 Å². The molecular formula is C17H25FN2O3. The van der Waals surface area contributed by atoms with Crippen LogP contribution in [0.25, 0.3) is 0 Å². The van der Waals surface area contributed by atoms with Gasteiger partial charge in [-0.25, -0.2) is 9.18 Å². The normalized spacial score (nSPS) is 22.4. The van der Waals surface area contributed by atoms with Crippen LogP contribution < -0.4 is 10.6 Å². The van der Waals surface area contributed by atoms with Crippen LogP contribution in [0.1, 0.15) is 37.4 Å². The lowest BCUT2D eigenvalue weighted by atomic mass is 9.85. The summed E-state index contributed by atoms with van der Waals surface area (Å²) in [6.45, 7) is 0.395. The second-order valence-corrected chi connectivity index (χ2v) is 5.96. The van der Waals surface area contributed by atoms with Gasteiger partial charge in [-0.3, -0.25) is 0 Å². The van der Waals surface area contributed by atoms with Gasteiger partial charge in [0, 0.05) is 32.2 Å². The zero-order valence-electron chi connectivity index (χ0n) is 13.4. The molecule has 0 aromatic heterocycles. The molecule has 1 aliphatic rings. The molecule has 1 aromatic rings. The van der Waals surface area contributed by atoms with Gasteiger partial charge in [0.25, 0.3) is 0 Å². The standard InChI is InChI=1S/C17H25FN2O3/c1-23-16(12-6-8-14(18)9-7-12)10-19-17(22)20-15-5-3-2-4-13(15)11-21/h6-9,13,15-16,21H,2-5,10-11H2,1H3,(H2,19,20,22)/t13-,15+,16+/m0/s1. The average Bonchev–Trinajstić information content (AvgIpc) is 2.57. The molecule has 128 valence electrons.